The number of alkyl halides is 3. The Morgan fingerprint density at radius 2 is 1.80 bits per heavy atom. The number of halogens is 5. The molecule has 296 valence electrons. The van der Waals surface area contributed by atoms with Gasteiger partial charge in [-0.3, -0.25) is 4.79 Å². The van der Waals surface area contributed by atoms with E-state index in [0.29, 0.717) is 30.8 Å². The summed E-state index contributed by atoms with van der Waals surface area (Å²) in [5.41, 5.74) is -0.728. The Morgan fingerprint density at radius 1 is 1.07 bits per heavy atom. The highest BCUT2D eigenvalue weighted by molar-refractivity contribution is 6.04. The molecule has 4 aromatic rings. The number of hydrogen-bond acceptors (Lipinski definition) is 9. The van der Waals surface area contributed by atoms with Crippen LogP contribution < -0.4 is 14.4 Å². The molecular weight excluding hydrogens is 735 g/mol. The van der Waals surface area contributed by atoms with Gasteiger partial charge in [0, 0.05) is 61.0 Å². The van der Waals surface area contributed by atoms with E-state index >= 15 is 8.78 Å². The second-order valence-corrected chi connectivity index (χ2v) is 16.2. The van der Waals surface area contributed by atoms with Crippen LogP contribution in [0, 0.1) is 41.2 Å². The van der Waals surface area contributed by atoms with Crippen molar-refractivity contribution in [2.45, 2.75) is 70.6 Å². The van der Waals surface area contributed by atoms with Crippen LogP contribution in [-0.2, 0) is 4.79 Å². The maximum atomic E-state index is 17.3. The molecule has 1 amide bonds. The van der Waals surface area contributed by atoms with Crippen molar-refractivity contribution < 1.29 is 41.3 Å². The van der Waals surface area contributed by atoms with Gasteiger partial charge in [-0.15, -0.1) is 6.42 Å². The Labute approximate surface area is 321 Å². The number of aromatic nitrogens is 3. The molecule has 3 aliphatic heterocycles. The van der Waals surface area contributed by atoms with Gasteiger partial charge in [-0.1, -0.05) is 25.8 Å². The Bertz CT molecular complexity index is 2240. The van der Waals surface area contributed by atoms with Gasteiger partial charge < -0.3 is 29.3 Å². The van der Waals surface area contributed by atoms with Crippen LogP contribution >= 0.6 is 0 Å². The van der Waals surface area contributed by atoms with Crippen molar-refractivity contribution in [3.63, 3.8) is 0 Å². The molecule has 3 saturated heterocycles. The highest BCUT2D eigenvalue weighted by Crippen LogP contribution is 2.48. The molecule has 4 atom stereocenters. The molecule has 0 radical (unpaired) electrons. The van der Waals surface area contributed by atoms with E-state index < -0.39 is 48.1 Å². The molecular formula is C41H43F5N6O4. The summed E-state index contributed by atoms with van der Waals surface area (Å²) in [7, 11) is 1.35. The zero-order valence-electron chi connectivity index (χ0n) is 31.4. The molecule has 5 heterocycles. The average molecular weight is 779 g/mol. The molecule has 56 heavy (non-hydrogen) atoms. The van der Waals surface area contributed by atoms with Crippen molar-refractivity contribution in [1.82, 2.24) is 24.8 Å². The van der Waals surface area contributed by atoms with E-state index in [1.807, 2.05) is 4.90 Å². The lowest BCUT2D eigenvalue weighted by molar-refractivity contribution is -0.177. The monoisotopic (exact) mass is 778 g/mol. The first-order valence-electron chi connectivity index (χ1n) is 19.0. The number of hydrogen-bond donors (Lipinski definition) is 1. The maximum absolute atomic E-state index is 17.3. The van der Waals surface area contributed by atoms with Gasteiger partial charge >= 0.3 is 12.2 Å². The number of pyridine rings is 1. The van der Waals surface area contributed by atoms with Crippen molar-refractivity contribution in [3.05, 3.63) is 41.5 Å². The minimum Gasteiger partial charge on any atom is -0.508 e. The number of fused-ring (bicyclic) bond motifs is 4. The number of carbonyl (C=O) groups is 1. The van der Waals surface area contributed by atoms with Gasteiger partial charge in [0.05, 0.1) is 25.2 Å². The van der Waals surface area contributed by atoms with Gasteiger partial charge in [0.15, 0.2) is 5.82 Å². The van der Waals surface area contributed by atoms with E-state index in [4.69, 9.17) is 20.9 Å². The number of anilines is 1. The fourth-order valence-corrected chi connectivity index (χ4v) is 8.83. The number of nitrogens with zero attached hydrogens (tertiary/aromatic N) is 6. The number of likely N-dealkylation sites (tertiary alicyclic amines) is 1. The number of phenolic OH excluding ortho intramolecular Hbond substituents is 1. The van der Waals surface area contributed by atoms with E-state index in [1.165, 1.54) is 31.4 Å². The van der Waals surface area contributed by atoms with Crippen LogP contribution in [0.4, 0.5) is 27.8 Å². The number of aromatic hydroxyl groups is 1. The number of carbonyl (C=O) groups excluding carboxylic acids is 1. The number of phenols is 1. The molecule has 1 saturated carbocycles. The molecule has 2 bridgehead atoms. The average Bonchev–Trinajstić information content (AvgIpc) is 3.72. The summed E-state index contributed by atoms with van der Waals surface area (Å²) in [4.78, 5) is 33.1. The van der Waals surface area contributed by atoms with Gasteiger partial charge in [0.25, 0.3) is 0 Å². The molecule has 15 heteroatoms. The molecule has 8 rings (SSSR count). The summed E-state index contributed by atoms with van der Waals surface area (Å²) in [6.45, 7) is 6.85. The lowest BCUT2D eigenvalue weighted by Crippen LogP contribution is -2.56. The van der Waals surface area contributed by atoms with Gasteiger partial charge in [0.2, 0.25) is 11.8 Å². The van der Waals surface area contributed by atoms with Gasteiger partial charge in [-0.25, -0.2) is 13.8 Å². The Kier molecular flexibility index (Phi) is 9.62. The van der Waals surface area contributed by atoms with Crippen molar-refractivity contribution in [1.29, 1.82) is 0 Å². The topological polar surface area (TPSA) is 104 Å². The first kappa shape index (κ1) is 37.9. The van der Waals surface area contributed by atoms with Crippen LogP contribution in [0.25, 0.3) is 32.9 Å². The van der Waals surface area contributed by atoms with E-state index in [9.17, 15) is 23.1 Å². The lowest BCUT2D eigenvalue weighted by Gasteiger charge is -2.42. The Morgan fingerprint density at radius 3 is 2.43 bits per heavy atom. The number of amides is 1. The summed E-state index contributed by atoms with van der Waals surface area (Å²) in [6, 6.07) is 4.33. The van der Waals surface area contributed by atoms with Gasteiger partial charge in [-0.05, 0) is 68.2 Å². The van der Waals surface area contributed by atoms with E-state index in [1.54, 1.807) is 4.90 Å². The quantitative estimate of drug-likeness (QED) is 0.134. The molecule has 1 aliphatic carbocycles. The van der Waals surface area contributed by atoms with Crippen molar-refractivity contribution >= 4 is 33.4 Å². The highest BCUT2D eigenvalue weighted by atomic mass is 19.4. The number of benzene rings is 2. The van der Waals surface area contributed by atoms with Crippen LogP contribution in [0.1, 0.15) is 57.9 Å². The predicted octanol–water partition coefficient (Wildman–Crippen LogP) is 7.09. The Balaban J connectivity index is 1.22. The highest BCUT2D eigenvalue weighted by Gasteiger charge is 2.47. The smallest absolute Gasteiger partial charge is 0.392 e. The van der Waals surface area contributed by atoms with Crippen LogP contribution in [0.3, 0.4) is 0 Å². The van der Waals surface area contributed by atoms with Crippen molar-refractivity contribution in [3.8, 4) is 41.2 Å². The molecule has 4 fully saturated rings. The summed E-state index contributed by atoms with van der Waals surface area (Å²) in [5.74, 6) is -1.07. The van der Waals surface area contributed by atoms with Crippen LogP contribution in [0.2, 0.25) is 0 Å². The standard InChI is InChI=1S/C41H43F5N6O4/c1-5-28-30(42)9-6-24-15-27(53)16-29(32(24)28)35-34(43)36-33(38(47-35)55-4)37(49-39(48-36)56-21-40(11-12-40)20-50-13-10-22(2)17-50)51-18-25-7-8-26(19-51)52(25)31(54)14-23(3)41(44,45)46/h1,6,9,15-16,22-23,25-26,53H,7-8,10-14,17-21H2,2-4H3. The van der Waals surface area contributed by atoms with Crippen molar-refractivity contribution in [2.75, 3.05) is 51.3 Å². The largest absolute Gasteiger partial charge is 0.508 e. The summed E-state index contributed by atoms with van der Waals surface area (Å²) in [5, 5.41) is 11.3. The minimum atomic E-state index is -4.49. The number of piperazine rings is 1. The fourth-order valence-electron chi connectivity index (χ4n) is 8.83. The molecule has 2 aromatic heterocycles. The molecule has 2 aromatic carbocycles. The van der Waals surface area contributed by atoms with Crippen LogP contribution in [-0.4, -0.2) is 100 Å². The van der Waals surface area contributed by atoms with E-state index in [-0.39, 0.29) is 75.1 Å². The van der Waals surface area contributed by atoms with E-state index in [2.05, 4.69) is 27.7 Å². The zero-order chi connectivity index (χ0) is 39.7. The SMILES string of the molecule is C#Cc1c(F)ccc2cc(O)cc(-c3nc(OC)c4c(N5CC6CCC(C5)N6C(=O)CC(C)C(F)(F)F)nc(OCC5(CN6CCC(C)C6)CC5)nc4c3F)c12. The summed E-state index contributed by atoms with van der Waals surface area (Å²) < 4.78 is 84.7. The fraction of sp³-hybridized carbons (Fsp3) is 0.512. The third kappa shape index (κ3) is 6.90. The molecule has 4 aliphatic rings. The first-order chi connectivity index (χ1) is 26.7. The maximum Gasteiger partial charge on any atom is 0.392 e. The second-order valence-electron chi connectivity index (χ2n) is 16.2. The third-order valence-corrected chi connectivity index (χ3v) is 12.0. The predicted molar refractivity (Wildman–Crippen MR) is 199 cm³/mol. The minimum absolute atomic E-state index is 0.0165. The Hall–Kier alpha value is -4.97. The normalized spacial score (nSPS) is 22.4. The molecule has 0 spiro atoms. The van der Waals surface area contributed by atoms with Crippen LogP contribution in [0.5, 0.6) is 17.6 Å². The van der Waals surface area contributed by atoms with Gasteiger partial charge in [0.1, 0.15) is 34.0 Å². The third-order valence-electron chi connectivity index (χ3n) is 12.0. The van der Waals surface area contributed by atoms with Crippen LogP contribution in [0.15, 0.2) is 24.3 Å². The summed E-state index contributed by atoms with van der Waals surface area (Å²) in [6.07, 6.45) is 4.78. The lowest BCUT2D eigenvalue weighted by atomic mass is 9.95. The molecule has 4 unspecified atom stereocenters. The summed E-state index contributed by atoms with van der Waals surface area (Å²) >= 11 is 0. The number of methoxy groups -OCH3 is 1. The number of rotatable bonds is 10. The second kappa shape index (κ2) is 14.2. The van der Waals surface area contributed by atoms with E-state index in [0.717, 1.165) is 45.8 Å². The molecule has 10 nitrogen and oxygen atoms in total. The van der Waals surface area contributed by atoms with Gasteiger partial charge in [-0.2, -0.15) is 23.1 Å². The zero-order valence-corrected chi connectivity index (χ0v) is 31.4. The first-order valence-corrected chi connectivity index (χ1v) is 19.0. The molecule has 1 N–H and O–H groups in total. The number of ether oxygens (including phenoxy) is 2. The van der Waals surface area contributed by atoms with Crippen molar-refractivity contribution in [2.24, 2.45) is 17.3 Å². The number of terminal acetylenes is 1.